The molecule has 2 fully saturated rings. The highest BCUT2D eigenvalue weighted by Crippen LogP contribution is 2.48. The summed E-state index contributed by atoms with van der Waals surface area (Å²) in [4.78, 5) is 30.1. The van der Waals surface area contributed by atoms with Gasteiger partial charge in [0, 0.05) is 25.0 Å². The van der Waals surface area contributed by atoms with Gasteiger partial charge >= 0.3 is 5.69 Å². The topological polar surface area (TPSA) is 58.1 Å². The van der Waals surface area contributed by atoms with Crippen LogP contribution >= 0.6 is 0 Å². The van der Waals surface area contributed by atoms with Crippen LogP contribution in [-0.4, -0.2) is 33.4 Å². The first-order chi connectivity index (χ1) is 13.6. The van der Waals surface area contributed by atoms with E-state index < -0.39 is 0 Å². The number of hydrogen-bond donors (Lipinski definition) is 1. The first-order valence-electron chi connectivity index (χ1n) is 9.85. The molecule has 144 valence electrons. The van der Waals surface area contributed by atoms with Gasteiger partial charge in [-0.15, -0.1) is 0 Å². The number of fused-ring (bicyclic) bond motifs is 1. The van der Waals surface area contributed by atoms with Crippen molar-refractivity contribution >= 4 is 16.9 Å². The molecule has 2 aliphatic rings. The van der Waals surface area contributed by atoms with Crippen LogP contribution in [0.3, 0.4) is 0 Å². The lowest BCUT2D eigenvalue weighted by atomic mass is 10.0. The van der Waals surface area contributed by atoms with Crippen LogP contribution in [0.1, 0.15) is 36.8 Å². The summed E-state index contributed by atoms with van der Waals surface area (Å²) in [7, 11) is 0. The molecule has 2 atom stereocenters. The van der Waals surface area contributed by atoms with Gasteiger partial charge in [0.05, 0.1) is 11.0 Å². The third-order valence-corrected chi connectivity index (χ3v) is 6.17. The Morgan fingerprint density at radius 3 is 2.50 bits per heavy atom. The number of para-hydroxylation sites is 2. The van der Waals surface area contributed by atoms with E-state index in [1.807, 2.05) is 33.7 Å². The number of rotatable bonds is 3. The number of H-pyrrole nitrogens is 1. The van der Waals surface area contributed by atoms with Gasteiger partial charge < -0.3 is 9.88 Å². The van der Waals surface area contributed by atoms with Crippen LogP contribution < -0.4 is 5.69 Å². The maximum atomic E-state index is 13.1. The van der Waals surface area contributed by atoms with E-state index in [9.17, 15) is 14.0 Å². The summed E-state index contributed by atoms with van der Waals surface area (Å²) in [5, 5.41) is 0. The Kier molecular flexibility index (Phi) is 4.07. The molecule has 0 bridgehead atoms. The number of aromatic nitrogens is 2. The highest BCUT2D eigenvalue weighted by atomic mass is 19.1. The summed E-state index contributed by atoms with van der Waals surface area (Å²) in [5.41, 5.74) is 2.74. The number of imidazole rings is 1. The number of carbonyl (C=O) groups excluding carboxylic acids is 1. The van der Waals surface area contributed by atoms with Gasteiger partial charge in [0.15, 0.2) is 0 Å². The van der Waals surface area contributed by atoms with Gasteiger partial charge in [0.25, 0.3) is 0 Å². The van der Waals surface area contributed by atoms with Gasteiger partial charge in [0.1, 0.15) is 5.82 Å². The molecule has 1 saturated carbocycles. The zero-order chi connectivity index (χ0) is 19.3. The maximum absolute atomic E-state index is 13.1. The Labute approximate surface area is 161 Å². The Bertz CT molecular complexity index is 1080. The van der Waals surface area contributed by atoms with Crippen LogP contribution in [-0.2, 0) is 4.79 Å². The summed E-state index contributed by atoms with van der Waals surface area (Å²) >= 11 is 0. The number of aromatic amines is 1. The number of nitrogens with zero attached hydrogens (tertiary/aromatic N) is 2. The molecule has 6 heteroatoms. The molecule has 0 spiro atoms. The van der Waals surface area contributed by atoms with Crippen LogP contribution in [0.5, 0.6) is 0 Å². The fourth-order valence-corrected chi connectivity index (χ4v) is 4.56. The van der Waals surface area contributed by atoms with Crippen molar-refractivity contribution < 1.29 is 9.18 Å². The second-order valence-electron chi connectivity index (χ2n) is 7.87. The predicted octanol–water partition coefficient (Wildman–Crippen LogP) is 3.44. The molecular weight excluding hydrogens is 357 g/mol. The van der Waals surface area contributed by atoms with Crippen LogP contribution in [0.25, 0.3) is 11.0 Å². The normalized spacial score (nSPS) is 22.5. The average Bonchev–Trinajstić information content (AvgIpc) is 3.44. The van der Waals surface area contributed by atoms with Crippen molar-refractivity contribution in [3.05, 3.63) is 70.4 Å². The van der Waals surface area contributed by atoms with Crippen molar-refractivity contribution in [2.45, 2.75) is 31.2 Å². The van der Waals surface area contributed by atoms with Gasteiger partial charge in [-0.3, -0.25) is 9.36 Å². The SMILES string of the molecule is O=C(C1CC1c1ccc(F)cc1)N1CCC(n2c(=O)[nH]c3ccccc32)CC1. The lowest BCUT2D eigenvalue weighted by molar-refractivity contribution is -0.134. The first kappa shape index (κ1) is 17.2. The van der Waals surface area contributed by atoms with E-state index in [-0.39, 0.29) is 35.3 Å². The Balaban J connectivity index is 1.25. The van der Waals surface area contributed by atoms with Crippen LogP contribution in [0, 0.1) is 11.7 Å². The molecule has 5 rings (SSSR count). The number of likely N-dealkylation sites (tertiary alicyclic amines) is 1. The Morgan fingerprint density at radius 1 is 1.04 bits per heavy atom. The Hall–Kier alpha value is -2.89. The molecule has 1 aliphatic heterocycles. The standard InChI is InChI=1S/C22H22FN3O2/c23-15-7-5-14(6-8-15)17-13-18(17)21(27)25-11-9-16(10-12-25)26-20-4-2-1-3-19(20)24-22(26)28/h1-8,16-18H,9-13H2,(H,24,28). The second kappa shape index (κ2) is 6.62. The van der Waals surface area contributed by atoms with Crippen molar-refractivity contribution in [2.24, 2.45) is 5.92 Å². The van der Waals surface area contributed by atoms with Crippen LogP contribution in [0.2, 0.25) is 0 Å². The molecule has 3 aromatic rings. The van der Waals surface area contributed by atoms with Crippen LogP contribution in [0.15, 0.2) is 53.3 Å². The minimum absolute atomic E-state index is 0.0119. The van der Waals surface area contributed by atoms with E-state index in [4.69, 9.17) is 0 Å². The maximum Gasteiger partial charge on any atom is 0.326 e. The predicted molar refractivity (Wildman–Crippen MR) is 105 cm³/mol. The van der Waals surface area contributed by atoms with E-state index in [1.165, 1.54) is 12.1 Å². The second-order valence-corrected chi connectivity index (χ2v) is 7.87. The number of piperidine rings is 1. The van der Waals surface area contributed by atoms with Gasteiger partial charge in [-0.2, -0.15) is 0 Å². The third kappa shape index (κ3) is 2.93. The van der Waals surface area contributed by atoms with Gasteiger partial charge in [-0.1, -0.05) is 24.3 Å². The molecule has 1 N–H and O–H groups in total. The van der Waals surface area contributed by atoms with Crippen molar-refractivity contribution in [3.63, 3.8) is 0 Å². The average molecular weight is 379 g/mol. The quantitative estimate of drug-likeness (QED) is 0.758. The van der Waals surface area contributed by atoms with Crippen LogP contribution in [0.4, 0.5) is 4.39 Å². The summed E-state index contributed by atoms with van der Waals surface area (Å²) in [6.45, 7) is 1.34. The number of carbonyl (C=O) groups is 1. The Morgan fingerprint density at radius 2 is 1.75 bits per heavy atom. The number of amides is 1. The smallest absolute Gasteiger partial charge is 0.326 e. The van der Waals surface area contributed by atoms with Gasteiger partial charge in [0.2, 0.25) is 5.91 Å². The minimum Gasteiger partial charge on any atom is -0.342 e. The van der Waals surface area contributed by atoms with Crippen molar-refractivity contribution in [1.29, 1.82) is 0 Å². The molecule has 0 radical (unpaired) electrons. The van der Waals surface area contributed by atoms with Gasteiger partial charge in [-0.05, 0) is 55.0 Å². The van der Waals surface area contributed by atoms with E-state index >= 15 is 0 Å². The highest BCUT2D eigenvalue weighted by molar-refractivity contribution is 5.83. The molecule has 5 nitrogen and oxygen atoms in total. The lowest BCUT2D eigenvalue weighted by Crippen LogP contribution is -2.41. The molecular formula is C22H22FN3O2. The molecule has 1 saturated heterocycles. The molecule has 1 amide bonds. The number of benzene rings is 2. The van der Waals surface area contributed by atoms with E-state index in [0.29, 0.717) is 13.1 Å². The zero-order valence-corrected chi connectivity index (χ0v) is 15.5. The third-order valence-electron chi connectivity index (χ3n) is 6.17. The van der Waals surface area contributed by atoms with Crippen molar-refractivity contribution in [3.8, 4) is 0 Å². The van der Waals surface area contributed by atoms with Crippen molar-refractivity contribution in [1.82, 2.24) is 14.5 Å². The minimum atomic E-state index is -0.248. The number of hydrogen-bond acceptors (Lipinski definition) is 2. The van der Waals surface area contributed by atoms with E-state index in [1.54, 1.807) is 12.1 Å². The molecule has 1 aromatic heterocycles. The zero-order valence-electron chi connectivity index (χ0n) is 15.5. The van der Waals surface area contributed by atoms with E-state index in [2.05, 4.69) is 4.98 Å². The fourth-order valence-electron chi connectivity index (χ4n) is 4.56. The van der Waals surface area contributed by atoms with Gasteiger partial charge in [-0.25, -0.2) is 9.18 Å². The first-order valence-corrected chi connectivity index (χ1v) is 9.85. The van der Waals surface area contributed by atoms with E-state index in [0.717, 1.165) is 35.9 Å². The highest BCUT2D eigenvalue weighted by Gasteiger charge is 2.46. The molecule has 1 aliphatic carbocycles. The summed E-state index contributed by atoms with van der Waals surface area (Å²) in [5.74, 6) is 0.167. The fraction of sp³-hybridized carbons (Fsp3) is 0.364. The largest absolute Gasteiger partial charge is 0.342 e. The lowest BCUT2D eigenvalue weighted by Gasteiger charge is -2.32. The number of halogens is 1. The molecule has 2 aromatic carbocycles. The molecule has 28 heavy (non-hydrogen) atoms. The summed E-state index contributed by atoms with van der Waals surface area (Å²) in [6, 6.07) is 14.3. The number of nitrogens with one attached hydrogen (secondary N) is 1. The molecule has 2 heterocycles. The monoisotopic (exact) mass is 379 g/mol. The summed E-state index contributed by atoms with van der Waals surface area (Å²) < 4.78 is 14.9. The van der Waals surface area contributed by atoms with Crippen molar-refractivity contribution in [2.75, 3.05) is 13.1 Å². The molecule has 2 unspecified atom stereocenters. The summed E-state index contributed by atoms with van der Waals surface area (Å²) in [6.07, 6.45) is 2.40.